The number of hydrogen-bond donors (Lipinski definition) is 1. The Bertz CT molecular complexity index is 728. The monoisotopic (exact) mass is 292 g/mol. The van der Waals surface area contributed by atoms with Gasteiger partial charge in [-0.15, -0.1) is 0 Å². The molecule has 7 heteroatoms. The van der Waals surface area contributed by atoms with Gasteiger partial charge in [-0.25, -0.2) is 13.1 Å². The molecule has 1 aromatic carbocycles. The number of nitrogens with two attached hydrogens (primary N) is 1. The molecule has 0 spiro atoms. The molecule has 0 unspecified atom stereocenters. The predicted molar refractivity (Wildman–Crippen MR) is 77.1 cm³/mol. The van der Waals surface area contributed by atoms with Crippen LogP contribution in [-0.4, -0.2) is 24.5 Å². The molecule has 2 N–H and O–H groups in total. The van der Waals surface area contributed by atoms with E-state index in [0.29, 0.717) is 5.69 Å². The van der Waals surface area contributed by atoms with Crippen LogP contribution in [0, 0.1) is 11.3 Å². The van der Waals surface area contributed by atoms with Crippen molar-refractivity contribution in [2.45, 2.75) is 18.9 Å². The zero-order valence-corrected chi connectivity index (χ0v) is 12.3. The second-order valence-corrected chi connectivity index (χ2v) is 5.63. The Morgan fingerprint density at radius 1 is 1.25 bits per heavy atom. The van der Waals surface area contributed by atoms with E-state index in [2.05, 4.69) is 5.10 Å². The largest absolute Gasteiger partial charge is 0.382 e. The van der Waals surface area contributed by atoms with Gasteiger partial charge < -0.3 is 5.73 Å². The number of nitrogens with zero attached hydrogens (tertiary/aromatic N) is 3. The van der Waals surface area contributed by atoms with E-state index < -0.39 is 9.84 Å². The molecule has 0 fully saturated rings. The fourth-order valence-electron chi connectivity index (χ4n) is 1.54. The SMILES string of the molecule is CC.CS(=O)(=O)c1nn(-c2ccccc2)c(N)c1C#N. The van der Waals surface area contributed by atoms with Crippen LogP contribution in [0.2, 0.25) is 0 Å². The van der Waals surface area contributed by atoms with Crippen molar-refractivity contribution in [3.05, 3.63) is 35.9 Å². The summed E-state index contributed by atoms with van der Waals surface area (Å²) in [6.45, 7) is 4.00. The molecule has 106 valence electrons. The number of para-hydroxylation sites is 1. The molecule has 0 aliphatic rings. The lowest BCUT2D eigenvalue weighted by Gasteiger charge is -2.02. The lowest BCUT2D eigenvalue weighted by molar-refractivity contribution is 0.596. The van der Waals surface area contributed by atoms with Gasteiger partial charge in [0.15, 0.2) is 14.9 Å². The Morgan fingerprint density at radius 2 is 1.80 bits per heavy atom. The topological polar surface area (TPSA) is 102 Å². The first-order valence-corrected chi connectivity index (χ1v) is 7.88. The van der Waals surface area contributed by atoms with E-state index in [9.17, 15) is 8.42 Å². The van der Waals surface area contributed by atoms with Crippen LogP contribution >= 0.6 is 0 Å². The summed E-state index contributed by atoms with van der Waals surface area (Å²) in [4.78, 5) is 0. The highest BCUT2D eigenvalue weighted by Crippen LogP contribution is 2.23. The quantitative estimate of drug-likeness (QED) is 0.908. The van der Waals surface area contributed by atoms with Crippen LogP contribution in [0.4, 0.5) is 5.82 Å². The number of anilines is 1. The number of nitriles is 1. The molecule has 0 aliphatic heterocycles. The second kappa shape index (κ2) is 6.21. The van der Waals surface area contributed by atoms with Gasteiger partial charge in [-0.2, -0.15) is 10.4 Å². The third-order valence-electron chi connectivity index (χ3n) is 2.35. The number of hydrogen-bond acceptors (Lipinski definition) is 5. The number of benzene rings is 1. The Morgan fingerprint density at radius 3 is 2.20 bits per heavy atom. The molecule has 1 aromatic heterocycles. The summed E-state index contributed by atoms with van der Waals surface area (Å²) in [5, 5.41) is 12.6. The summed E-state index contributed by atoms with van der Waals surface area (Å²) in [6.07, 6.45) is 0.991. The van der Waals surface area contributed by atoms with Gasteiger partial charge in [0.1, 0.15) is 17.5 Å². The molecule has 20 heavy (non-hydrogen) atoms. The normalized spacial score (nSPS) is 10.3. The third-order valence-corrected chi connectivity index (χ3v) is 3.34. The van der Waals surface area contributed by atoms with Gasteiger partial charge in [0.2, 0.25) is 0 Å². The van der Waals surface area contributed by atoms with Crippen LogP contribution in [-0.2, 0) is 9.84 Å². The van der Waals surface area contributed by atoms with Crippen LogP contribution < -0.4 is 5.73 Å². The minimum atomic E-state index is -3.59. The predicted octanol–water partition coefficient (Wildman–Crippen LogP) is 1.76. The molecule has 0 aliphatic carbocycles. The summed E-state index contributed by atoms with van der Waals surface area (Å²) < 4.78 is 24.3. The zero-order valence-electron chi connectivity index (χ0n) is 11.5. The molecule has 0 bridgehead atoms. The highest BCUT2D eigenvalue weighted by molar-refractivity contribution is 7.90. The van der Waals surface area contributed by atoms with Crippen LogP contribution in [0.25, 0.3) is 5.69 Å². The number of rotatable bonds is 2. The molecular weight excluding hydrogens is 276 g/mol. The lowest BCUT2D eigenvalue weighted by atomic mass is 10.3. The molecule has 0 atom stereocenters. The van der Waals surface area contributed by atoms with Crippen molar-refractivity contribution in [3.63, 3.8) is 0 Å². The summed E-state index contributed by atoms with van der Waals surface area (Å²) >= 11 is 0. The molecular formula is C13H16N4O2S. The second-order valence-electron chi connectivity index (χ2n) is 3.70. The number of aromatic nitrogens is 2. The van der Waals surface area contributed by atoms with Crippen LogP contribution in [0.15, 0.2) is 35.4 Å². The van der Waals surface area contributed by atoms with Gasteiger partial charge in [-0.3, -0.25) is 0 Å². The number of nitrogen functional groups attached to an aromatic ring is 1. The first kappa shape index (κ1) is 15.7. The molecule has 1 heterocycles. The van der Waals surface area contributed by atoms with Crippen LogP contribution in [0.1, 0.15) is 19.4 Å². The van der Waals surface area contributed by atoms with Gasteiger partial charge >= 0.3 is 0 Å². The van der Waals surface area contributed by atoms with E-state index in [4.69, 9.17) is 11.0 Å². The highest BCUT2D eigenvalue weighted by atomic mass is 32.2. The fraction of sp³-hybridized carbons (Fsp3) is 0.231. The van der Waals surface area contributed by atoms with Crippen molar-refractivity contribution in [1.82, 2.24) is 9.78 Å². The maximum Gasteiger partial charge on any atom is 0.197 e. The summed E-state index contributed by atoms with van der Waals surface area (Å²) in [5.41, 5.74) is 6.23. The first-order chi connectivity index (χ1) is 9.45. The molecule has 6 nitrogen and oxygen atoms in total. The van der Waals surface area contributed by atoms with Gasteiger partial charge in [-0.05, 0) is 12.1 Å². The van der Waals surface area contributed by atoms with E-state index in [1.807, 2.05) is 19.9 Å². The summed E-state index contributed by atoms with van der Waals surface area (Å²) in [5.74, 6) is 0.0177. The molecule has 2 rings (SSSR count). The van der Waals surface area contributed by atoms with E-state index in [0.717, 1.165) is 6.26 Å². The van der Waals surface area contributed by atoms with Crippen LogP contribution in [0.5, 0.6) is 0 Å². The molecule has 2 aromatic rings. The standard InChI is InChI=1S/C11H10N4O2S.C2H6/c1-18(16,17)11-9(7-12)10(13)15(14-11)8-5-3-2-4-6-8;1-2/h2-6H,13H2,1H3;1-2H3. The smallest absolute Gasteiger partial charge is 0.197 e. The first-order valence-electron chi connectivity index (χ1n) is 5.99. The van der Waals surface area contributed by atoms with Crippen molar-refractivity contribution < 1.29 is 8.42 Å². The average molecular weight is 292 g/mol. The van der Waals surface area contributed by atoms with E-state index in [-0.39, 0.29) is 16.4 Å². The van der Waals surface area contributed by atoms with Crippen molar-refractivity contribution in [2.75, 3.05) is 12.0 Å². The molecule has 0 saturated heterocycles. The van der Waals surface area contributed by atoms with Crippen molar-refractivity contribution in [1.29, 1.82) is 5.26 Å². The minimum Gasteiger partial charge on any atom is -0.382 e. The Balaban J connectivity index is 0.000000956. The number of sulfone groups is 1. The Hall–Kier alpha value is -2.33. The van der Waals surface area contributed by atoms with Crippen molar-refractivity contribution in [3.8, 4) is 11.8 Å². The lowest BCUT2D eigenvalue weighted by Crippen LogP contribution is -2.03. The van der Waals surface area contributed by atoms with Crippen molar-refractivity contribution in [2.24, 2.45) is 0 Å². The third kappa shape index (κ3) is 2.97. The molecule has 0 radical (unpaired) electrons. The summed E-state index contributed by atoms with van der Waals surface area (Å²) in [7, 11) is -3.59. The maximum atomic E-state index is 11.5. The Labute approximate surface area is 118 Å². The maximum absolute atomic E-state index is 11.5. The highest BCUT2D eigenvalue weighted by Gasteiger charge is 2.23. The average Bonchev–Trinajstić information content (AvgIpc) is 2.79. The van der Waals surface area contributed by atoms with Gasteiger partial charge in [0, 0.05) is 6.26 Å². The van der Waals surface area contributed by atoms with Gasteiger partial charge in [0.05, 0.1) is 5.69 Å². The van der Waals surface area contributed by atoms with E-state index >= 15 is 0 Å². The molecule has 0 saturated carbocycles. The summed E-state index contributed by atoms with van der Waals surface area (Å²) in [6, 6.07) is 10.6. The van der Waals surface area contributed by atoms with Gasteiger partial charge in [0.25, 0.3) is 0 Å². The van der Waals surface area contributed by atoms with Gasteiger partial charge in [-0.1, -0.05) is 32.0 Å². The van der Waals surface area contributed by atoms with E-state index in [1.165, 1.54) is 4.68 Å². The van der Waals surface area contributed by atoms with Crippen LogP contribution in [0.3, 0.4) is 0 Å². The van der Waals surface area contributed by atoms with E-state index in [1.54, 1.807) is 30.3 Å². The fourth-order valence-corrected chi connectivity index (χ4v) is 2.29. The minimum absolute atomic E-state index is 0.0177. The zero-order chi connectivity index (χ0) is 15.3. The van der Waals surface area contributed by atoms with Crippen molar-refractivity contribution >= 4 is 15.7 Å². The molecule has 0 amide bonds. The Kier molecular flexibility index (Phi) is 4.88.